The van der Waals surface area contributed by atoms with Crippen LogP contribution in [0.3, 0.4) is 0 Å². The number of benzene rings is 3. The van der Waals surface area contributed by atoms with E-state index in [4.69, 9.17) is 23.7 Å². The molecule has 69 heavy (non-hydrogen) atoms. The third kappa shape index (κ3) is 12.1. The molecule has 3 aliphatic heterocycles. The summed E-state index contributed by atoms with van der Waals surface area (Å²) in [6.07, 6.45) is 1.85. The van der Waals surface area contributed by atoms with Crippen LogP contribution in [0.4, 0.5) is 5.69 Å². The first kappa shape index (κ1) is 50.2. The second-order valence-electron chi connectivity index (χ2n) is 17.1. The first-order valence-electron chi connectivity index (χ1n) is 23.4. The maximum absolute atomic E-state index is 13.9. The maximum Gasteiger partial charge on any atom is 0.266 e. The van der Waals surface area contributed by atoms with Crippen LogP contribution in [0.2, 0.25) is 0 Å². The van der Waals surface area contributed by atoms with Crippen LogP contribution in [0.5, 0.6) is 5.75 Å². The van der Waals surface area contributed by atoms with Gasteiger partial charge < -0.3 is 44.2 Å². The van der Waals surface area contributed by atoms with E-state index in [1.807, 2.05) is 45.0 Å². The van der Waals surface area contributed by atoms with E-state index in [1.54, 1.807) is 24.3 Å². The molecule has 4 N–H and O–H groups in total. The van der Waals surface area contributed by atoms with Gasteiger partial charge in [-0.15, -0.1) is 0 Å². The maximum atomic E-state index is 13.9. The second kappa shape index (κ2) is 23.5. The van der Waals surface area contributed by atoms with Crippen LogP contribution < -0.4 is 31.1 Å². The molecule has 2 saturated heterocycles. The number of ether oxygens (including phenoxy) is 5. The number of hydrogen-bond acceptors (Lipinski definition) is 13. The zero-order valence-electron chi connectivity index (χ0n) is 39.5. The predicted molar refractivity (Wildman–Crippen MR) is 255 cm³/mol. The van der Waals surface area contributed by atoms with Crippen molar-refractivity contribution < 1.29 is 52.5 Å². The molecule has 1 aromatic heterocycles. The predicted octanol–water partition coefficient (Wildman–Crippen LogP) is 4.16. The SMILES string of the molecule is CCN(c1cc(-c2ccc(C(=O)NCCOCCOCCOCCOc3cccc4c3C(=O)N(C3CCC(=O)NC3=O)C4=O)cc2)cc(C(=O)NCc2c(C)cc(C)[nH]c2=O)c1C)C1CCOCC1. The smallest absolute Gasteiger partial charge is 0.266 e. The molecule has 0 radical (unpaired) electrons. The lowest BCUT2D eigenvalue weighted by Gasteiger charge is -2.37. The van der Waals surface area contributed by atoms with Crippen LogP contribution in [0.15, 0.2) is 65.5 Å². The van der Waals surface area contributed by atoms with Gasteiger partial charge in [-0.2, -0.15) is 0 Å². The molecular weight excluding hydrogens is 889 g/mol. The van der Waals surface area contributed by atoms with Gasteiger partial charge in [-0.3, -0.25) is 43.8 Å². The van der Waals surface area contributed by atoms with E-state index in [0.29, 0.717) is 49.7 Å². The van der Waals surface area contributed by atoms with Crippen molar-refractivity contribution in [1.82, 2.24) is 25.8 Å². The number of carbonyl (C=O) groups is 6. The molecule has 0 spiro atoms. The molecule has 6 amide bonds. The van der Waals surface area contributed by atoms with E-state index < -0.39 is 29.7 Å². The summed E-state index contributed by atoms with van der Waals surface area (Å²) in [6, 6.07) is 17.0. The van der Waals surface area contributed by atoms with Crippen molar-refractivity contribution in [2.75, 3.05) is 77.5 Å². The van der Waals surface area contributed by atoms with Gasteiger partial charge in [0.15, 0.2) is 0 Å². The number of nitrogens with one attached hydrogen (secondary N) is 4. The number of fused-ring (bicyclic) bond motifs is 1. The monoisotopic (exact) mass is 948 g/mol. The van der Waals surface area contributed by atoms with Crippen molar-refractivity contribution in [2.45, 2.75) is 72.0 Å². The number of imide groups is 2. The molecule has 0 saturated carbocycles. The molecule has 7 rings (SSSR count). The summed E-state index contributed by atoms with van der Waals surface area (Å²) in [4.78, 5) is 96.0. The Labute approximate surface area is 400 Å². The molecule has 0 bridgehead atoms. The van der Waals surface area contributed by atoms with Crippen molar-refractivity contribution in [2.24, 2.45) is 0 Å². The van der Waals surface area contributed by atoms with Crippen molar-refractivity contribution in [1.29, 1.82) is 0 Å². The van der Waals surface area contributed by atoms with Crippen molar-refractivity contribution in [3.63, 3.8) is 0 Å². The Balaban J connectivity index is 0.827. The number of carbonyl (C=O) groups excluding carboxylic acids is 6. The number of pyridine rings is 1. The molecular formula is C51H60N6O12. The third-order valence-corrected chi connectivity index (χ3v) is 12.5. The number of piperidine rings is 1. The van der Waals surface area contributed by atoms with E-state index in [2.05, 4.69) is 38.8 Å². The van der Waals surface area contributed by atoms with Crippen LogP contribution in [-0.2, 0) is 35.1 Å². The van der Waals surface area contributed by atoms with Crippen LogP contribution in [0, 0.1) is 20.8 Å². The number of rotatable bonds is 22. The lowest BCUT2D eigenvalue weighted by Crippen LogP contribution is -2.54. The summed E-state index contributed by atoms with van der Waals surface area (Å²) in [5.41, 5.74) is 6.51. The van der Waals surface area contributed by atoms with Crippen LogP contribution >= 0.6 is 0 Å². The average Bonchev–Trinajstić information content (AvgIpc) is 3.59. The Hall–Kier alpha value is -6.73. The number of aromatic nitrogens is 1. The van der Waals surface area contributed by atoms with E-state index in [0.717, 1.165) is 57.9 Å². The molecule has 1 atom stereocenters. The van der Waals surface area contributed by atoms with E-state index >= 15 is 0 Å². The third-order valence-electron chi connectivity index (χ3n) is 12.5. The van der Waals surface area contributed by atoms with Gasteiger partial charge in [0.25, 0.3) is 29.2 Å². The van der Waals surface area contributed by atoms with Crippen molar-refractivity contribution in [3.05, 3.63) is 116 Å². The molecule has 366 valence electrons. The molecule has 18 nitrogen and oxygen atoms in total. The highest BCUT2D eigenvalue weighted by molar-refractivity contribution is 6.24. The molecule has 2 fully saturated rings. The number of aromatic amines is 1. The van der Waals surface area contributed by atoms with Crippen LogP contribution in [-0.4, -0.2) is 130 Å². The van der Waals surface area contributed by atoms with Gasteiger partial charge in [0.1, 0.15) is 18.4 Å². The Morgan fingerprint density at radius 2 is 1.48 bits per heavy atom. The Morgan fingerprint density at radius 1 is 0.783 bits per heavy atom. The lowest BCUT2D eigenvalue weighted by molar-refractivity contribution is -0.136. The Morgan fingerprint density at radius 3 is 2.16 bits per heavy atom. The summed E-state index contributed by atoms with van der Waals surface area (Å²) < 4.78 is 28.2. The van der Waals surface area contributed by atoms with Gasteiger partial charge in [-0.25, -0.2) is 0 Å². The van der Waals surface area contributed by atoms with Gasteiger partial charge in [-0.1, -0.05) is 18.2 Å². The molecule has 3 aromatic carbocycles. The average molecular weight is 949 g/mol. The number of aryl methyl sites for hydroxylation is 2. The topological polar surface area (TPSA) is 224 Å². The molecule has 1 unspecified atom stereocenters. The summed E-state index contributed by atoms with van der Waals surface area (Å²) >= 11 is 0. The minimum Gasteiger partial charge on any atom is -0.490 e. The summed E-state index contributed by atoms with van der Waals surface area (Å²) in [5, 5.41) is 8.05. The minimum absolute atomic E-state index is 0.0317. The second-order valence-corrected chi connectivity index (χ2v) is 17.1. The van der Waals surface area contributed by atoms with Gasteiger partial charge >= 0.3 is 0 Å². The zero-order valence-corrected chi connectivity index (χ0v) is 39.5. The van der Waals surface area contributed by atoms with E-state index in [9.17, 15) is 33.6 Å². The summed E-state index contributed by atoms with van der Waals surface area (Å²) in [5.74, 6) is -2.71. The summed E-state index contributed by atoms with van der Waals surface area (Å²) in [7, 11) is 0. The fraction of sp³-hybridized carbons (Fsp3) is 0.431. The largest absolute Gasteiger partial charge is 0.490 e. The van der Waals surface area contributed by atoms with Gasteiger partial charge in [0.05, 0.1) is 50.8 Å². The van der Waals surface area contributed by atoms with Gasteiger partial charge in [0.2, 0.25) is 11.8 Å². The van der Waals surface area contributed by atoms with E-state index in [-0.39, 0.29) is 92.7 Å². The number of hydrogen-bond donors (Lipinski definition) is 4. The quantitative estimate of drug-likeness (QED) is 0.0643. The molecule has 0 aliphatic carbocycles. The fourth-order valence-electron chi connectivity index (χ4n) is 8.90. The Bertz CT molecular complexity index is 2610. The van der Waals surface area contributed by atoms with Gasteiger partial charge in [0, 0.05) is 73.4 Å². The standard InChI is InChI=1S/C51H60N6O12/c1-5-56(37-15-18-65-19-16-37)42-29-36(28-39(33(42)4)47(60)53-30-40-31(2)27-32(3)54-48(40)61)34-9-11-35(12-10-34)46(59)52-17-20-66-21-22-67-23-24-68-25-26-69-43-8-6-7-38-45(43)51(64)57(50(38)63)41-13-14-44(58)55-49(41)62/h6-12,27-29,37,41H,5,13-26,30H2,1-4H3,(H,52,59)(H,53,60)(H,54,61)(H,55,58,62). The molecule has 18 heteroatoms. The highest BCUT2D eigenvalue weighted by atomic mass is 16.6. The minimum atomic E-state index is -1.06. The number of anilines is 1. The van der Waals surface area contributed by atoms with Crippen molar-refractivity contribution >= 4 is 41.1 Å². The fourth-order valence-corrected chi connectivity index (χ4v) is 8.90. The molecule has 4 heterocycles. The number of H-pyrrole nitrogens is 1. The van der Waals surface area contributed by atoms with Crippen LogP contribution in [0.1, 0.15) is 96.4 Å². The summed E-state index contributed by atoms with van der Waals surface area (Å²) in [6.45, 7) is 12.0. The van der Waals surface area contributed by atoms with Gasteiger partial charge in [-0.05, 0) is 112 Å². The van der Waals surface area contributed by atoms with Crippen LogP contribution in [0.25, 0.3) is 11.1 Å². The highest BCUT2D eigenvalue weighted by Gasteiger charge is 2.46. The first-order valence-corrected chi connectivity index (χ1v) is 23.4. The first-order chi connectivity index (χ1) is 33.4. The normalized spacial score (nSPS) is 16.1. The van der Waals surface area contributed by atoms with Crippen molar-refractivity contribution in [3.8, 4) is 16.9 Å². The lowest BCUT2D eigenvalue weighted by atomic mass is 9.94. The highest BCUT2D eigenvalue weighted by Crippen LogP contribution is 2.35. The zero-order chi connectivity index (χ0) is 49.0. The molecule has 3 aliphatic rings. The van der Waals surface area contributed by atoms with E-state index in [1.165, 1.54) is 6.07 Å². The Kier molecular flexibility index (Phi) is 17.1. The number of nitrogens with zero attached hydrogens (tertiary/aromatic N) is 2. The number of amides is 6. The molecule has 4 aromatic rings.